The van der Waals surface area contributed by atoms with Crippen molar-refractivity contribution >= 4 is 5.91 Å². The lowest BCUT2D eigenvalue weighted by Gasteiger charge is -2.21. The molecule has 0 saturated heterocycles. The van der Waals surface area contributed by atoms with E-state index < -0.39 is 6.04 Å². The topological polar surface area (TPSA) is 55.6 Å². The van der Waals surface area contributed by atoms with Gasteiger partial charge >= 0.3 is 0 Å². The second-order valence-electron chi connectivity index (χ2n) is 4.49. The summed E-state index contributed by atoms with van der Waals surface area (Å²) in [7, 11) is 3.42. The SMILES string of the molecule is COCCCN(C)C(=O)C(N)c1ccc(C)cc1. The van der Waals surface area contributed by atoms with E-state index in [1.807, 2.05) is 31.2 Å². The van der Waals surface area contributed by atoms with Crippen LogP contribution in [0.25, 0.3) is 0 Å². The van der Waals surface area contributed by atoms with Crippen molar-refractivity contribution in [2.45, 2.75) is 19.4 Å². The van der Waals surface area contributed by atoms with Crippen molar-refractivity contribution in [1.82, 2.24) is 4.90 Å². The molecule has 0 fully saturated rings. The van der Waals surface area contributed by atoms with Crippen LogP contribution in [-0.4, -0.2) is 38.1 Å². The van der Waals surface area contributed by atoms with Crippen molar-refractivity contribution in [3.05, 3.63) is 35.4 Å². The predicted octanol–water partition coefficient (Wildman–Crippen LogP) is 1.49. The van der Waals surface area contributed by atoms with E-state index in [0.29, 0.717) is 13.2 Å². The van der Waals surface area contributed by atoms with Gasteiger partial charge in [0.25, 0.3) is 0 Å². The maximum atomic E-state index is 12.1. The van der Waals surface area contributed by atoms with Gasteiger partial charge in [-0.3, -0.25) is 4.79 Å². The lowest BCUT2D eigenvalue weighted by Crippen LogP contribution is -2.36. The number of amides is 1. The van der Waals surface area contributed by atoms with E-state index in [9.17, 15) is 4.79 Å². The maximum absolute atomic E-state index is 12.1. The van der Waals surface area contributed by atoms with E-state index in [-0.39, 0.29) is 5.91 Å². The van der Waals surface area contributed by atoms with E-state index in [0.717, 1.165) is 17.5 Å². The van der Waals surface area contributed by atoms with Crippen molar-refractivity contribution in [2.75, 3.05) is 27.3 Å². The molecule has 0 aliphatic heterocycles. The first-order valence-electron chi connectivity index (χ1n) is 6.12. The summed E-state index contributed by atoms with van der Waals surface area (Å²) >= 11 is 0. The number of nitrogens with zero attached hydrogens (tertiary/aromatic N) is 1. The molecule has 0 aliphatic rings. The summed E-state index contributed by atoms with van der Waals surface area (Å²) in [5, 5.41) is 0. The largest absolute Gasteiger partial charge is 0.385 e. The van der Waals surface area contributed by atoms with Gasteiger partial charge in [0, 0.05) is 27.3 Å². The molecule has 18 heavy (non-hydrogen) atoms. The first-order valence-corrected chi connectivity index (χ1v) is 6.12. The fourth-order valence-electron chi connectivity index (χ4n) is 1.71. The van der Waals surface area contributed by atoms with Gasteiger partial charge in [-0.15, -0.1) is 0 Å². The van der Waals surface area contributed by atoms with Crippen molar-refractivity contribution in [2.24, 2.45) is 5.73 Å². The Bertz CT molecular complexity index is 376. The summed E-state index contributed by atoms with van der Waals surface area (Å²) in [6.07, 6.45) is 0.819. The lowest BCUT2D eigenvalue weighted by atomic mass is 10.0. The van der Waals surface area contributed by atoms with Gasteiger partial charge in [-0.2, -0.15) is 0 Å². The van der Waals surface area contributed by atoms with E-state index >= 15 is 0 Å². The molecule has 1 aromatic carbocycles. The van der Waals surface area contributed by atoms with Crippen LogP contribution in [0.2, 0.25) is 0 Å². The number of hydrogen-bond acceptors (Lipinski definition) is 3. The molecule has 0 spiro atoms. The number of benzene rings is 1. The van der Waals surface area contributed by atoms with Crippen LogP contribution in [-0.2, 0) is 9.53 Å². The second kappa shape index (κ2) is 7.13. The highest BCUT2D eigenvalue weighted by atomic mass is 16.5. The molecule has 0 aliphatic carbocycles. The van der Waals surface area contributed by atoms with E-state index in [1.54, 1.807) is 19.1 Å². The number of methoxy groups -OCH3 is 1. The Morgan fingerprint density at radius 1 is 1.39 bits per heavy atom. The number of carbonyl (C=O) groups excluding carboxylic acids is 1. The first kappa shape index (κ1) is 14.7. The van der Waals surface area contributed by atoms with Gasteiger partial charge in [0.15, 0.2) is 0 Å². The van der Waals surface area contributed by atoms with Crippen molar-refractivity contribution in [3.8, 4) is 0 Å². The van der Waals surface area contributed by atoms with Gasteiger partial charge in [-0.25, -0.2) is 0 Å². The molecular weight excluding hydrogens is 228 g/mol. The minimum absolute atomic E-state index is 0.0602. The average molecular weight is 250 g/mol. The normalized spacial score (nSPS) is 12.2. The van der Waals surface area contributed by atoms with Crippen molar-refractivity contribution in [1.29, 1.82) is 0 Å². The number of likely N-dealkylation sites (N-methyl/N-ethyl adjacent to an activating group) is 1. The Morgan fingerprint density at radius 3 is 2.56 bits per heavy atom. The van der Waals surface area contributed by atoms with Crippen LogP contribution in [0.3, 0.4) is 0 Å². The van der Waals surface area contributed by atoms with Crippen LogP contribution in [0.5, 0.6) is 0 Å². The molecule has 0 heterocycles. The van der Waals surface area contributed by atoms with E-state index in [4.69, 9.17) is 10.5 Å². The molecule has 4 nitrogen and oxygen atoms in total. The highest BCUT2D eigenvalue weighted by Gasteiger charge is 2.19. The third kappa shape index (κ3) is 4.13. The fraction of sp³-hybridized carbons (Fsp3) is 0.500. The molecule has 0 saturated carbocycles. The standard InChI is InChI=1S/C14H22N2O2/c1-11-5-7-12(8-6-11)13(15)14(17)16(2)9-4-10-18-3/h5-8,13H,4,9-10,15H2,1-3H3. The predicted molar refractivity (Wildman–Crippen MR) is 72.2 cm³/mol. The van der Waals surface area contributed by atoms with Gasteiger partial charge in [-0.1, -0.05) is 29.8 Å². The van der Waals surface area contributed by atoms with Crippen molar-refractivity contribution in [3.63, 3.8) is 0 Å². The molecule has 0 radical (unpaired) electrons. The molecule has 2 N–H and O–H groups in total. The van der Waals surface area contributed by atoms with Crippen LogP contribution in [0, 0.1) is 6.92 Å². The molecule has 1 amide bonds. The summed E-state index contributed by atoms with van der Waals surface area (Å²) in [4.78, 5) is 13.7. The number of carbonyl (C=O) groups is 1. The van der Waals surface area contributed by atoms with Gasteiger partial charge in [0.05, 0.1) is 0 Å². The van der Waals surface area contributed by atoms with Gasteiger partial charge < -0.3 is 15.4 Å². The molecule has 4 heteroatoms. The van der Waals surface area contributed by atoms with Crippen LogP contribution in [0.4, 0.5) is 0 Å². The van der Waals surface area contributed by atoms with Crippen molar-refractivity contribution < 1.29 is 9.53 Å². The Hall–Kier alpha value is -1.39. The molecular formula is C14H22N2O2. The molecule has 1 rings (SSSR count). The Morgan fingerprint density at radius 2 is 2.00 bits per heavy atom. The summed E-state index contributed by atoms with van der Waals surface area (Å²) in [6.45, 7) is 3.32. The minimum atomic E-state index is -0.585. The van der Waals surface area contributed by atoms with E-state index in [1.165, 1.54) is 0 Å². The van der Waals surface area contributed by atoms with Crippen LogP contribution in [0.15, 0.2) is 24.3 Å². The minimum Gasteiger partial charge on any atom is -0.385 e. The monoisotopic (exact) mass is 250 g/mol. The summed E-state index contributed by atoms with van der Waals surface area (Å²) < 4.78 is 4.96. The van der Waals surface area contributed by atoms with E-state index in [2.05, 4.69) is 0 Å². The molecule has 0 aromatic heterocycles. The zero-order chi connectivity index (χ0) is 13.5. The zero-order valence-corrected chi connectivity index (χ0v) is 11.3. The third-order valence-electron chi connectivity index (χ3n) is 2.92. The molecule has 1 aromatic rings. The van der Waals surface area contributed by atoms with Crippen LogP contribution >= 0.6 is 0 Å². The number of hydrogen-bond donors (Lipinski definition) is 1. The smallest absolute Gasteiger partial charge is 0.243 e. The maximum Gasteiger partial charge on any atom is 0.243 e. The Balaban J connectivity index is 2.57. The molecule has 0 bridgehead atoms. The summed E-state index contributed by atoms with van der Waals surface area (Å²) in [6, 6.07) is 7.15. The second-order valence-corrected chi connectivity index (χ2v) is 4.49. The van der Waals surface area contributed by atoms with Gasteiger partial charge in [0.1, 0.15) is 6.04 Å². The highest BCUT2D eigenvalue weighted by Crippen LogP contribution is 2.13. The van der Waals surface area contributed by atoms with Gasteiger partial charge in [0.2, 0.25) is 5.91 Å². The number of nitrogens with two attached hydrogens (primary N) is 1. The highest BCUT2D eigenvalue weighted by molar-refractivity contribution is 5.82. The summed E-state index contributed by atoms with van der Waals surface area (Å²) in [5.74, 6) is -0.0602. The Kier molecular flexibility index (Phi) is 5.82. The third-order valence-corrected chi connectivity index (χ3v) is 2.92. The zero-order valence-electron chi connectivity index (χ0n) is 11.3. The number of rotatable bonds is 6. The molecule has 100 valence electrons. The fourth-order valence-corrected chi connectivity index (χ4v) is 1.71. The van der Waals surface area contributed by atoms with Gasteiger partial charge in [-0.05, 0) is 18.9 Å². The quantitative estimate of drug-likeness (QED) is 0.778. The number of aryl methyl sites for hydroxylation is 1. The first-order chi connectivity index (χ1) is 8.56. The summed E-state index contributed by atoms with van der Waals surface area (Å²) in [5.41, 5.74) is 7.98. The number of ether oxygens (including phenoxy) is 1. The Labute approximate surface area is 109 Å². The lowest BCUT2D eigenvalue weighted by molar-refractivity contribution is -0.131. The van der Waals surface area contributed by atoms with Crippen LogP contribution in [0.1, 0.15) is 23.6 Å². The molecule has 1 unspecified atom stereocenters. The van der Waals surface area contributed by atoms with Crippen LogP contribution < -0.4 is 5.73 Å². The average Bonchev–Trinajstić information content (AvgIpc) is 2.38. The molecule has 1 atom stereocenters.